The number of thioether (sulfide) groups is 1. The third kappa shape index (κ3) is 5.87. The van der Waals surface area contributed by atoms with Crippen LogP contribution in [-0.2, 0) is 6.54 Å². The molecule has 0 fully saturated rings. The van der Waals surface area contributed by atoms with E-state index >= 15 is 0 Å². The molecule has 0 aliphatic heterocycles. The van der Waals surface area contributed by atoms with E-state index in [9.17, 15) is 0 Å². The average Bonchev–Trinajstić information content (AvgIpc) is 2.35. The van der Waals surface area contributed by atoms with E-state index in [4.69, 9.17) is 0 Å². The van der Waals surface area contributed by atoms with Gasteiger partial charge in [0.05, 0.1) is 0 Å². The number of benzene rings is 1. The summed E-state index contributed by atoms with van der Waals surface area (Å²) in [4.78, 5) is 2.36. The fourth-order valence-electron chi connectivity index (χ4n) is 2.07. The van der Waals surface area contributed by atoms with Crippen LogP contribution in [0.2, 0.25) is 0 Å². The molecule has 0 heterocycles. The topological polar surface area (TPSA) is 15.3 Å². The minimum Gasteiger partial charge on any atom is -0.374 e. The zero-order valence-electron chi connectivity index (χ0n) is 13.0. The highest BCUT2D eigenvalue weighted by molar-refractivity contribution is 7.98. The third-order valence-electron chi connectivity index (χ3n) is 3.15. The fourth-order valence-corrected chi connectivity index (χ4v) is 2.53. The van der Waals surface area contributed by atoms with Gasteiger partial charge in [0.15, 0.2) is 0 Å². The molecule has 108 valence electrons. The fraction of sp³-hybridized carbons (Fsp3) is 0.625. The highest BCUT2D eigenvalue weighted by Crippen LogP contribution is 2.21. The minimum atomic E-state index is 0.697. The van der Waals surface area contributed by atoms with Crippen molar-refractivity contribution in [1.82, 2.24) is 5.32 Å². The van der Waals surface area contributed by atoms with Gasteiger partial charge in [-0.1, -0.05) is 31.5 Å². The van der Waals surface area contributed by atoms with Gasteiger partial charge >= 0.3 is 0 Å². The van der Waals surface area contributed by atoms with Gasteiger partial charge in [-0.2, -0.15) is 11.8 Å². The van der Waals surface area contributed by atoms with E-state index in [1.54, 1.807) is 0 Å². The second-order valence-electron chi connectivity index (χ2n) is 5.57. The average molecular weight is 280 g/mol. The summed E-state index contributed by atoms with van der Waals surface area (Å²) in [6.45, 7) is 9.78. The molecule has 0 atom stereocenters. The summed E-state index contributed by atoms with van der Waals surface area (Å²) in [5.74, 6) is 1.87. The van der Waals surface area contributed by atoms with Crippen molar-refractivity contribution >= 4 is 17.4 Å². The van der Waals surface area contributed by atoms with Crippen LogP contribution in [0.25, 0.3) is 0 Å². The van der Waals surface area contributed by atoms with Crippen LogP contribution in [0.15, 0.2) is 18.2 Å². The molecule has 0 aliphatic carbocycles. The predicted molar refractivity (Wildman–Crippen MR) is 89.4 cm³/mol. The van der Waals surface area contributed by atoms with Crippen molar-refractivity contribution in [3.63, 3.8) is 0 Å². The van der Waals surface area contributed by atoms with Crippen LogP contribution in [0, 0.1) is 12.8 Å². The van der Waals surface area contributed by atoms with E-state index in [2.05, 4.69) is 62.5 Å². The number of aryl methyl sites for hydroxylation is 1. The van der Waals surface area contributed by atoms with Gasteiger partial charge in [0.2, 0.25) is 0 Å². The summed E-state index contributed by atoms with van der Waals surface area (Å²) in [7, 11) is 2.19. The van der Waals surface area contributed by atoms with Gasteiger partial charge in [0, 0.05) is 31.6 Å². The zero-order chi connectivity index (χ0) is 14.3. The van der Waals surface area contributed by atoms with Gasteiger partial charge in [-0.05, 0) is 37.3 Å². The maximum absolute atomic E-state index is 3.55. The van der Waals surface area contributed by atoms with Crippen molar-refractivity contribution in [2.45, 2.75) is 27.3 Å². The van der Waals surface area contributed by atoms with Crippen LogP contribution in [-0.4, -0.2) is 32.1 Å². The summed E-state index contributed by atoms with van der Waals surface area (Å²) in [5, 5.41) is 3.55. The van der Waals surface area contributed by atoms with Gasteiger partial charge < -0.3 is 10.2 Å². The minimum absolute atomic E-state index is 0.697. The van der Waals surface area contributed by atoms with Crippen LogP contribution in [0.5, 0.6) is 0 Å². The molecule has 0 spiro atoms. The molecule has 0 bridgehead atoms. The van der Waals surface area contributed by atoms with Crippen molar-refractivity contribution in [2.75, 3.05) is 37.0 Å². The number of hydrogen-bond donors (Lipinski definition) is 1. The Kier molecular flexibility index (Phi) is 7.32. The molecular weight excluding hydrogens is 252 g/mol. The normalized spacial score (nSPS) is 11.1. The van der Waals surface area contributed by atoms with E-state index < -0.39 is 0 Å². The molecule has 0 saturated carbocycles. The van der Waals surface area contributed by atoms with Gasteiger partial charge in [0.25, 0.3) is 0 Å². The number of hydrogen-bond acceptors (Lipinski definition) is 3. The van der Waals surface area contributed by atoms with E-state index in [1.807, 2.05) is 11.8 Å². The summed E-state index contributed by atoms with van der Waals surface area (Å²) in [5.41, 5.74) is 4.10. The predicted octanol–water partition coefficient (Wildman–Crippen LogP) is 3.54. The highest BCUT2D eigenvalue weighted by atomic mass is 32.2. The van der Waals surface area contributed by atoms with Crippen molar-refractivity contribution in [3.05, 3.63) is 29.3 Å². The number of nitrogens with one attached hydrogen (secondary N) is 1. The van der Waals surface area contributed by atoms with Crippen molar-refractivity contribution < 1.29 is 0 Å². The van der Waals surface area contributed by atoms with Crippen LogP contribution in [0.4, 0.5) is 5.69 Å². The largest absolute Gasteiger partial charge is 0.374 e. The molecule has 19 heavy (non-hydrogen) atoms. The van der Waals surface area contributed by atoms with Gasteiger partial charge in [0.1, 0.15) is 0 Å². The molecule has 0 aromatic heterocycles. The Morgan fingerprint density at radius 1 is 1.32 bits per heavy atom. The molecule has 1 aromatic rings. The Morgan fingerprint density at radius 3 is 2.68 bits per heavy atom. The third-order valence-corrected chi connectivity index (χ3v) is 3.74. The SMILES string of the molecule is CSCCN(C)c1ccc(C)cc1CNCC(C)C. The summed E-state index contributed by atoms with van der Waals surface area (Å²) >= 11 is 1.90. The molecule has 3 heteroatoms. The Hall–Kier alpha value is -0.670. The van der Waals surface area contributed by atoms with Crippen LogP contribution in [0.3, 0.4) is 0 Å². The Balaban J connectivity index is 2.73. The zero-order valence-corrected chi connectivity index (χ0v) is 13.8. The molecule has 0 radical (unpaired) electrons. The lowest BCUT2D eigenvalue weighted by Crippen LogP contribution is -2.24. The first-order valence-corrected chi connectivity index (χ1v) is 8.44. The van der Waals surface area contributed by atoms with Gasteiger partial charge in [-0.15, -0.1) is 0 Å². The maximum Gasteiger partial charge on any atom is 0.0409 e. The molecule has 0 amide bonds. The summed E-state index contributed by atoms with van der Waals surface area (Å²) in [6.07, 6.45) is 2.16. The number of anilines is 1. The molecule has 2 nitrogen and oxygen atoms in total. The smallest absolute Gasteiger partial charge is 0.0409 e. The first-order valence-electron chi connectivity index (χ1n) is 7.05. The standard InChI is InChI=1S/C16H28N2S/c1-13(2)11-17-12-15-10-14(3)6-7-16(15)18(4)8-9-19-5/h6-7,10,13,17H,8-9,11-12H2,1-5H3. The van der Waals surface area contributed by atoms with Gasteiger partial charge in [-0.3, -0.25) is 0 Å². The Bertz CT molecular complexity index is 377. The molecule has 1 N–H and O–H groups in total. The Morgan fingerprint density at radius 2 is 2.05 bits per heavy atom. The number of rotatable bonds is 8. The van der Waals surface area contributed by atoms with Crippen LogP contribution < -0.4 is 10.2 Å². The molecule has 0 saturated heterocycles. The lowest BCUT2D eigenvalue weighted by molar-refractivity contribution is 0.552. The lowest BCUT2D eigenvalue weighted by Gasteiger charge is -2.23. The molecule has 0 unspecified atom stereocenters. The second kappa shape index (κ2) is 8.49. The first-order chi connectivity index (χ1) is 9.04. The monoisotopic (exact) mass is 280 g/mol. The molecule has 1 rings (SSSR count). The quantitative estimate of drug-likeness (QED) is 0.784. The van der Waals surface area contributed by atoms with Crippen LogP contribution >= 0.6 is 11.8 Å². The van der Waals surface area contributed by atoms with E-state index in [1.165, 1.54) is 22.6 Å². The second-order valence-corrected chi connectivity index (χ2v) is 6.56. The summed E-state index contributed by atoms with van der Waals surface area (Å²) in [6, 6.07) is 6.76. The first kappa shape index (κ1) is 16.4. The molecule has 0 aliphatic rings. The van der Waals surface area contributed by atoms with Crippen molar-refractivity contribution in [3.8, 4) is 0 Å². The number of nitrogens with zero attached hydrogens (tertiary/aromatic N) is 1. The maximum atomic E-state index is 3.55. The highest BCUT2D eigenvalue weighted by Gasteiger charge is 2.07. The van der Waals surface area contributed by atoms with E-state index in [0.717, 1.165) is 19.6 Å². The van der Waals surface area contributed by atoms with Crippen LogP contribution in [0.1, 0.15) is 25.0 Å². The summed E-state index contributed by atoms with van der Waals surface area (Å²) < 4.78 is 0. The van der Waals surface area contributed by atoms with Crippen molar-refractivity contribution in [1.29, 1.82) is 0 Å². The van der Waals surface area contributed by atoms with E-state index in [0.29, 0.717) is 5.92 Å². The lowest BCUT2D eigenvalue weighted by atomic mass is 10.1. The van der Waals surface area contributed by atoms with E-state index in [-0.39, 0.29) is 0 Å². The Labute approximate surface area is 123 Å². The van der Waals surface area contributed by atoms with Gasteiger partial charge in [-0.25, -0.2) is 0 Å². The molecular formula is C16H28N2S. The molecule has 1 aromatic carbocycles. The van der Waals surface area contributed by atoms with Crippen molar-refractivity contribution in [2.24, 2.45) is 5.92 Å².